The minimum absolute atomic E-state index is 0.0704. The number of hydrogen-bond donors (Lipinski definition) is 1. The summed E-state index contributed by atoms with van der Waals surface area (Å²) in [6.07, 6.45) is 0. The van der Waals surface area contributed by atoms with E-state index in [4.69, 9.17) is 32.7 Å². The van der Waals surface area contributed by atoms with E-state index in [0.717, 1.165) is 16.8 Å². The SMILES string of the molecule is Cc1c(Cl)cccc1NC(=O)CSCc1cc(Cl)c2c(c1)OCCO2. The Kier molecular flexibility index (Phi) is 5.99. The van der Waals surface area contributed by atoms with E-state index >= 15 is 0 Å². The molecule has 1 N–H and O–H groups in total. The molecule has 25 heavy (non-hydrogen) atoms. The number of amides is 1. The Morgan fingerprint density at radius 3 is 2.84 bits per heavy atom. The van der Waals surface area contributed by atoms with E-state index in [9.17, 15) is 4.79 Å². The first-order chi connectivity index (χ1) is 12.0. The summed E-state index contributed by atoms with van der Waals surface area (Å²) >= 11 is 13.8. The van der Waals surface area contributed by atoms with Gasteiger partial charge in [-0.05, 0) is 42.3 Å². The molecule has 4 nitrogen and oxygen atoms in total. The Balaban J connectivity index is 1.55. The van der Waals surface area contributed by atoms with Gasteiger partial charge in [0, 0.05) is 16.5 Å². The number of anilines is 1. The lowest BCUT2D eigenvalue weighted by Gasteiger charge is -2.20. The molecule has 1 aliphatic rings. The lowest BCUT2D eigenvalue weighted by atomic mass is 10.2. The van der Waals surface area contributed by atoms with Gasteiger partial charge in [-0.25, -0.2) is 0 Å². The third-order valence-corrected chi connectivity index (χ3v) is 5.39. The van der Waals surface area contributed by atoms with Gasteiger partial charge in [0.25, 0.3) is 0 Å². The van der Waals surface area contributed by atoms with Crippen LogP contribution in [0.5, 0.6) is 11.5 Å². The summed E-state index contributed by atoms with van der Waals surface area (Å²) in [7, 11) is 0. The van der Waals surface area contributed by atoms with E-state index in [1.165, 1.54) is 11.8 Å². The van der Waals surface area contributed by atoms with Crippen LogP contribution in [0.3, 0.4) is 0 Å². The number of ether oxygens (including phenoxy) is 2. The quantitative estimate of drug-likeness (QED) is 0.775. The summed E-state index contributed by atoms with van der Waals surface area (Å²) in [4.78, 5) is 12.1. The number of nitrogens with one attached hydrogen (secondary N) is 1. The summed E-state index contributed by atoms with van der Waals surface area (Å²) in [5, 5.41) is 4.05. The molecule has 0 aromatic heterocycles. The number of halogens is 2. The molecule has 0 spiro atoms. The topological polar surface area (TPSA) is 47.6 Å². The van der Waals surface area contributed by atoms with Crippen molar-refractivity contribution in [3.63, 3.8) is 0 Å². The molecule has 0 aliphatic carbocycles. The number of hydrogen-bond acceptors (Lipinski definition) is 4. The highest BCUT2D eigenvalue weighted by atomic mass is 35.5. The van der Waals surface area contributed by atoms with Gasteiger partial charge in [-0.3, -0.25) is 4.79 Å². The van der Waals surface area contributed by atoms with Crippen molar-refractivity contribution in [2.24, 2.45) is 0 Å². The number of benzene rings is 2. The number of carbonyl (C=O) groups is 1. The van der Waals surface area contributed by atoms with E-state index in [1.807, 2.05) is 31.2 Å². The molecule has 132 valence electrons. The average Bonchev–Trinajstić information content (AvgIpc) is 2.59. The summed E-state index contributed by atoms with van der Waals surface area (Å²) < 4.78 is 11.1. The summed E-state index contributed by atoms with van der Waals surface area (Å²) in [5.41, 5.74) is 2.59. The molecule has 0 saturated heterocycles. The Hall–Kier alpha value is -1.56. The van der Waals surface area contributed by atoms with Gasteiger partial charge in [0.1, 0.15) is 13.2 Å². The van der Waals surface area contributed by atoms with Crippen molar-refractivity contribution in [1.29, 1.82) is 0 Å². The maximum atomic E-state index is 12.1. The van der Waals surface area contributed by atoms with Crippen LogP contribution in [0.1, 0.15) is 11.1 Å². The molecule has 0 bridgehead atoms. The van der Waals surface area contributed by atoms with Crippen molar-refractivity contribution >= 4 is 46.6 Å². The van der Waals surface area contributed by atoms with Crippen LogP contribution < -0.4 is 14.8 Å². The lowest BCUT2D eigenvalue weighted by molar-refractivity contribution is -0.113. The maximum absolute atomic E-state index is 12.1. The lowest BCUT2D eigenvalue weighted by Crippen LogP contribution is -2.16. The second kappa shape index (κ2) is 8.21. The molecule has 0 fully saturated rings. The average molecular weight is 398 g/mol. The fourth-order valence-electron chi connectivity index (χ4n) is 2.44. The second-order valence-corrected chi connectivity index (χ2v) is 7.36. The summed E-state index contributed by atoms with van der Waals surface area (Å²) in [6.45, 7) is 2.90. The Morgan fingerprint density at radius 2 is 2.00 bits per heavy atom. The van der Waals surface area contributed by atoms with Gasteiger partial charge in [0.05, 0.1) is 10.8 Å². The van der Waals surface area contributed by atoms with Crippen LogP contribution in [0.25, 0.3) is 0 Å². The predicted molar refractivity (Wildman–Crippen MR) is 103 cm³/mol. The molecule has 1 heterocycles. The van der Waals surface area contributed by atoms with Gasteiger partial charge in [-0.15, -0.1) is 11.8 Å². The van der Waals surface area contributed by atoms with Crippen LogP contribution >= 0.6 is 35.0 Å². The summed E-state index contributed by atoms with van der Waals surface area (Å²) in [5.74, 6) is 2.17. The molecule has 0 unspecified atom stereocenters. The van der Waals surface area contributed by atoms with Crippen molar-refractivity contribution in [2.75, 3.05) is 24.3 Å². The van der Waals surface area contributed by atoms with Gasteiger partial charge >= 0.3 is 0 Å². The molecule has 0 saturated carbocycles. The van der Waals surface area contributed by atoms with Crippen molar-refractivity contribution in [2.45, 2.75) is 12.7 Å². The van der Waals surface area contributed by atoms with Crippen molar-refractivity contribution in [3.05, 3.63) is 51.5 Å². The van der Waals surface area contributed by atoms with E-state index in [-0.39, 0.29) is 5.91 Å². The van der Waals surface area contributed by atoms with Gasteiger partial charge in [0.2, 0.25) is 5.91 Å². The fraction of sp³-hybridized carbons (Fsp3) is 0.278. The minimum Gasteiger partial charge on any atom is -0.486 e. The Morgan fingerprint density at radius 1 is 1.20 bits per heavy atom. The van der Waals surface area contributed by atoms with Crippen LogP contribution in [0.4, 0.5) is 5.69 Å². The van der Waals surface area contributed by atoms with Crippen molar-refractivity contribution < 1.29 is 14.3 Å². The third kappa shape index (κ3) is 4.54. The van der Waals surface area contributed by atoms with E-state index in [0.29, 0.717) is 46.3 Å². The van der Waals surface area contributed by atoms with Crippen LogP contribution in [0.15, 0.2) is 30.3 Å². The third-order valence-electron chi connectivity index (χ3n) is 3.70. The summed E-state index contributed by atoms with van der Waals surface area (Å²) in [6, 6.07) is 9.21. The number of fused-ring (bicyclic) bond motifs is 1. The first kappa shape index (κ1) is 18.2. The van der Waals surface area contributed by atoms with Gasteiger partial charge in [0.15, 0.2) is 11.5 Å². The van der Waals surface area contributed by atoms with Gasteiger partial charge in [-0.2, -0.15) is 0 Å². The van der Waals surface area contributed by atoms with Gasteiger partial charge in [-0.1, -0.05) is 29.3 Å². The van der Waals surface area contributed by atoms with Gasteiger partial charge < -0.3 is 14.8 Å². The molecular weight excluding hydrogens is 381 g/mol. The largest absolute Gasteiger partial charge is 0.486 e. The highest BCUT2D eigenvalue weighted by molar-refractivity contribution is 7.99. The molecule has 0 radical (unpaired) electrons. The molecule has 1 amide bonds. The first-order valence-corrected chi connectivity index (χ1v) is 9.66. The van der Waals surface area contributed by atoms with Crippen LogP contribution in [-0.4, -0.2) is 24.9 Å². The van der Waals surface area contributed by atoms with Crippen molar-refractivity contribution in [3.8, 4) is 11.5 Å². The highest BCUT2D eigenvalue weighted by Gasteiger charge is 2.16. The zero-order chi connectivity index (χ0) is 17.8. The fourth-order valence-corrected chi connectivity index (χ4v) is 3.66. The molecule has 0 atom stereocenters. The second-order valence-electron chi connectivity index (χ2n) is 5.56. The number of rotatable bonds is 5. The van der Waals surface area contributed by atoms with E-state index in [2.05, 4.69) is 5.32 Å². The van der Waals surface area contributed by atoms with E-state index < -0.39 is 0 Å². The monoisotopic (exact) mass is 397 g/mol. The Bertz CT molecular complexity index is 798. The number of thioether (sulfide) groups is 1. The van der Waals surface area contributed by atoms with Crippen LogP contribution in [-0.2, 0) is 10.5 Å². The molecule has 1 aliphatic heterocycles. The van der Waals surface area contributed by atoms with E-state index in [1.54, 1.807) is 6.07 Å². The normalized spacial score (nSPS) is 12.8. The minimum atomic E-state index is -0.0704. The maximum Gasteiger partial charge on any atom is 0.234 e. The smallest absolute Gasteiger partial charge is 0.234 e. The molecular formula is C18H17Cl2NO3S. The van der Waals surface area contributed by atoms with Crippen LogP contribution in [0.2, 0.25) is 10.0 Å². The van der Waals surface area contributed by atoms with Crippen LogP contribution in [0, 0.1) is 6.92 Å². The zero-order valence-electron chi connectivity index (χ0n) is 13.6. The highest BCUT2D eigenvalue weighted by Crippen LogP contribution is 2.39. The number of carbonyl (C=O) groups excluding carboxylic acids is 1. The molecule has 2 aromatic rings. The molecule has 3 rings (SSSR count). The molecule has 7 heteroatoms. The zero-order valence-corrected chi connectivity index (χ0v) is 15.9. The first-order valence-electron chi connectivity index (χ1n) is 7.75. The molecule has 2 aromatic carbocycles. The van der Waals surface area contributed by atoms with Crippen molar-refractivity contribution in [1.82, 2.24) is 0 Å². The predicted octanol–water partition coefficient (Wildman–Crippen LogP) is 4.94. The standard InChI is InChI=1S/C18H17Cl2NO3S/c1-11-13(19)3-2-4-15(11)21-17(22)10-25-9-12-7-14(20)18-16(8-12)23-5-6-24-18/h2-4,7-8H,5-6,9-10H2,1H3,(H,21,22). The Labute approximate surface area is 160 Å².